The molecule has 1 saturated heterocycles. The van der Waals surface area contributed by atoms with Gasteiger partial charge in [-0.05, 0) is 32.8 Å². The van der Waals surface area contributed by atoms with Crippen LogP contribution in [0, 0.1) is 0 Å². The number of nitrogens with one attached hydrogen (secondary N) is 1. The molecule has 1 aliphatic rings. The zero-order chi connectivity index (χ0) is 14.8. The molecule has 0 unspecified atom stereocenters. The summed E-state index contributed by atoms with van der Waals surface area (Å²) in [6, 6.07) is 2.78. The minimum Gasteiger partial charge on any atom is -0.308 e. The molecule has 7 heteroatoms. The molecule has 20 heavy (non-hydrogen) atoms. The smallest absolute Gasteiger partial charge is 0.211 e. The molecule has 0 radical (unpaired) electrons. The first-order valence-electron chi connectivity index (χ1n) is 7.09. The number of rotatable bonds is 5. The van der Waals surface area contributed by atoms with E-state index in [0.29, 0.717) is 25.2 Å². The molecular formula is C13H24N4O2S. The van der Waals surface area contributed by atoms with Crippen LogP contribution in [-0.2, 0) is 16.6 Å². The lowest BCUT2D eigenvalue weighted by atomic mass is 10.1. The molecule has 1 N–H and O–H groups in total. The van der Waals surface area contributed by atoms with Gasteiger partial charge in [-0.3, -0.25) is 4.68 Å². The number of sulfonamides is 1. The van der Waals surface area contributed by atoms with Crippen molar-refractivity contribution >= 4 is 10.0 Å². The average Bonchev–Trinajstić information content (AvgIpc) is 2.85. The summed E-state index contributed by atoms with van der Waals surface area (Å²) in [5.74, 6) is 0. The van der Waals surface area contributed by atoms with Gasteiger partial charge >= 0.3 is 0 Å². The lowest BCUT2D eigenvalue weighted by Gasteiger charge is -2.30. The lowest BCUT2D eigenvalue weighted by molar-refractivity contribution is 0.289. The topological polar surface area (TPSA) is 67.2 Å². The highest BCUT2D eigenvalue weighted by Gasteiger charge is 2.24. The molecule has 0 aromatic carbocycles. The quantitative estimate of drug-likeness (QED) is 0.880. The van der Waals surface area contributed by atoms with Crippen molar-refractivity contribution in [1.82, 2.24) is 19.4 Å². The van der Waals surface area contributed by atoms with Crippen molar-refractivity contribution in [1.29, 1.82) is 0 Å². The Morgan fingerprint density at radius 3 is 2.55 bits per heavy atom. The van der Waals surface area contributed by atoms with E-state index >= 15 is 0 Å². The Kier molecular flexibility index (Phi) is 4.82. The van der Waals surface area contributed by atoms with Crippen molar-refractivity contribution in [3.05, 3.63) is 18.0 Å². The van der Waals surface area contributed by atoms with Crippen LogP contribution in [-0.4, -0.2) is 47.9 Å². The van der Waals surface area contributed by atoms with Gasteiger partial charge in [0.25, 0.3) is 0 Å². The van der Waals surface area contributed by atoms with Crippen molar-refractivity contribution in [3.8, 4) is 0 Å². The fourth-order valence-electron chi connectivity index (χ4n) is 2.40. The third-order valence-corrected chi connectivity index (χ3v) is 4.99. The van der Waals surface area contributed by atoms with Crippen LogP contribution in [0.1, 0.15) is 38.4 Å². The highest BCUT2D eigenvalue weighted by atomic mass is 32.2. The van der Waals surface area contributed by atoms with Gasteiger partial charge in [0.1, 0.15) is 0 Å². The predicted octanol–water partition coefficient (Wildman–Crippen LogP) is 0.978. The van der Waals surface area contributed by atoms with E-state index in [4.69, 9.17) is 0 Å². The Hall–Kier alpha value is -0.920. The maximum atomic E-state index is 11.4. The average molecular weight is 300 g/mol. The molecule has 114 valence electrons. The van der Waals surface area contributed by atoms with Gasteiger partial charge in [0.05, 0.1) is 11.9 Å². The third kappa shape index (κ3) is 4.04. The Labute approximate surface area is 121 Å². The van der Waals surface area contributed by atoms with E-state index in [9.17, 15) is 8.42 Å². The summed E-state index contributed by atoms with van der Waals surface area (Å²) in [6.07, 6.45) is 4.99. The van der Waals surface area contributed by atoms with Crippen LogP contribution in [0.4, 0.5) is 0 Å². The van der Waals surface area contributed by atoms with Gasteiger partial charge in [0.2, 0.25) is 10.0 Å². The van der Waals surface area contributed by atoms with Crippen LogP contribution < -0.4 is 5.32 Å². The second-order valence-corrected chi connectivity index (χ2v) is 7.68. The molecule has 0 atom stereocenters. The SMILES string of the molecule is CC(C)n1ccc(CNC2CCN(S(C)(=O)=O)CC2)n1. The molecule has 0 spiro atoms. The number of hydrogen-bond acceptors (Lipinski definition) is 4. The summed E-state index contributed by atoms with van der Waals surface area (Å²) in [7, 11) is -3.03. The summed E-state index contributed by atoms with van der Waals surface area (Å²) in [4.78, 5) is 0. The summed E-state index contributed by atoms with van der Waals surface area (Å²) in [5, 5.41) is 7.96. The van der Waals surface area contributed by atoms with Crippen molar-refractivity contribution in [2.45, 2.75) is 45.3 Å². The van der Waals surface area contributed by atoms with Gasteiger partial charge < -0.3 is 5.32 Å². The molecule has 1 aromatic heterocycles. The molecule has 1 aliphatic heterocycles. The Morgan fingerprint density at radius 1 is 1.40 bits per heavy atom. The molecule has 2 heterocycles. The minimum atomic E-state index is -3.03. The van der Waals surface area contributed by atoms with Crippen LogP contribution >= 0.6 is 0 Å². The molecule has 6 nitrogen and oxygen atoms in total. The van der Waals surface area contributed by atoms with Gasteiger partial charge in [0, 0.05) is 37.9 Å². The molecule has 0 amide bonds. The van der Waals surface area contributed by atoms with Crippen molar-refractivity contribution in [3.63, 3.8) is 0 Å². The summed E-state index contributed by atoms with van der Waals surface area (Å²) in [5.41, 5.74) is 1.03. The lowest BCUT2D eigenvalue weighted by Crippen LogP contribution is -2.44. The van der Waals surface area contributed by atoms with Crippen LogP contribution in [0.3, 0.4) is 0 Å². The van der Waals surface area contributed by atoms with Crippen molar-refractivity contribution in [2.75, 3.05) is 19.3 Å². The molecule has 0 saturated carbocycles. The van der Waals surface area contributed by atoms with Gasteiger partial charge in [-0.2, -0.15) is 5.10 Å². The van der Waals surface area contributed by atoms with E-state index in [1.54, 1.807) is 4.31 Å². The standard InChI is InChI=1S/C13H24N4O2S/c1-11(2)17-9-6-13(15-17)10-14-12-4-7-16(8-5-12)20(3,18)19/h6,9,11-12,14H,4-5,7-8,10H2,1-3H3. The van der Waals surface area contributed by atoms with Gasteiger partial charge in [0.15, 0.2) is 0 Å². The fourth-order valence-corrected chi connectivity index (χ4v) is 3.27. The van der Waals surface area contributed by atoms with E-state index in [-0.39, 0.29) is 0 Å². The van der Waals surface area contributed by atoms with Crippen LogP contribution in [0.15, 0.2) is 12.3 Å². The third-order valence-electron chi connectivity index (χ3n) is 3.69. The van der Waals surface area contributed by atoms with E-state index in [2.05, 4.69) is 24.3 Å². The van der Waals surface area contributed by atoms with Crippen molar-refractivity contribution in [2.24, 2.45) is 0 Å². The van der Waals surface area contributed by atoms with Gasteiger partial charge in [-0.25, -0.2) is 12.7 Å². The summed E-state index contributed by atoms with van der Waals surface area (Å²) in [6.45, 7) is 6.16. The van der Waals surface area contributed by atoms with E-state index in [1.165, 1.54) is 6.26 Å². The zero-order valence-corrected chi connectivity index (χ0v) is 13.2. The number of aromatic nitrogens is 2. The maximum Gasteiger partial charge on any atom is 0.211 e. The van der Waals surface area contributed by atoms with Gasteiger partial charge in [-0.15, -0.1) is 0 Å². The van der Waals surface area contributed by atoms with E-state index < -0.39 is 10.0 Å². The zero-order valence-electron chi connectivity index (χ0n) is 12.4. The Bertz CT molecular complexity index is 530. The predicted molar refractivity (Wildman–Crippen MR) is 78.9 cm³/mol. The van der Waals surface area contributed by atoms with Crippen molar-refractivity contribution < 1.29 is 8.42 Å². The summed E-state index contributed by atoms with van der Waals surface area (Å²) >= 11 is 0. The number of piperidine rings is 1. The summed E-state index contributed by atoms with van der Waals surface area (Å²) < 4.78 is 26.4. The van der Waals surface area contributed by atoms with E-state index in [1.807, 2.05) is 16.9 Å². The molecule has 1 aromatic rings. The first-order chi connectivity index (χ1) is 9.36. The van der Waals surface area contributed by atoms with Crippen LogP contribution in [0.5, 0.6) is 0 Å². The number of nitrogens with zero attached hydrogens (tertiary/aromatic N) is 3. The molecule has 2 rings (SSSR count). The molecule has 0 aliphatic carbocycles. The van der Waals surface area contributed by atoms with Gasteiger partial charge in [-0.1, -0.05) is 0 Å². The first-order valence-corrected chi connectivity index (χ1v) is 8.93. The monoisotopic (exact) mass is 300 g/mol. The van der Waals surface area contributed by atoms with Crippen LogP contribution in [0.2, 0.25) is 0 Å². The highest BCUT2D eigenvalue weighted by Crippen LogP contribution is 2.13. The minimum absolute atomic E-state index is 0.372. The maximum absolute atomic E-state index is 11.4. The normalized spacial score (nSPS) is 18.8. The number of hydrogen-bond donors (Lipinski definition) is 1. The molecular weight excluding hydrogens is 276 g/mol. The molecule has 1 fully saturated rings. The Balaban J connectivity index is 1.78. The molecule has 0 bridgehead atoms. The fraction of sp³-hybridized carbons (Fsp3) is 0.769. The van der Waals surface area contributed by atoms with Crippen LogP contribution in [0.25, 0.3) is 0 Å². The second-order valence-electron chi connectivity index (χ2n) is 5.70. The Morgan fingerprint density at radius 2 is 2.05 bits per heavy atom. The largest absolute Gasteiger partial charge is 0.308 e. The second kappa shape index (κ2) is 6.24. The van der Waals surface area contributed by atoms with E-state index in [0.717, 1.165) is 25.1 Å². The highest BCUT2D eigenvalue weighted by molar-refractivity contribution is 7.88. The first kappa shape index (κ1) is 15.5.